The molecule has 0 bridgehead atoms. The number of hydrogen-bond acceptors (Lipinski definition) is 5. The van der Waals surface area contributed by atoms with Crippen LogP contribution in [0.4, 0.5) is 21.5 Å². The Bertz CT molecular complexity index is 1660. The molecule has 5 atom stereocenters. The number of anilines is 3. The fourth-order valence-corrected chi connectivity index (χ4v) is 7.98. The highest BCUT2D eigenvalue weighted by atomic mass is 35.5. The van der Waals surface area contributed by atoms with Crippen LogP contribution in [0.15, 0.2) is 54.6 Å². The average molecular weight is 626 g/mol. The minimum atomic E-state index is -1.32. The van der Waals surface area contributed by atoms with E-state index in [1.807, 2.05) is 37.2 Å². The van der Waals surface area contributed by atoms with Crippen molar-refractivity contribution in [1.82, 2.24) is 5.32 Å². The van der Waals surface area contributed by atoms with Gasteiger partial charge in [-0.3, -0.25) is 14.9 Å². The number of rotatable bonds is 5. The van der Waals surface area contributed by atoms with Gasteiger partial charge in [0.25, 0.3) is 0 Å². The van der Waals surface area contributed by atoms with Crippen LogP contribution in [-0.4, -0.2) is 44.6 Å². The van der Waals surface area contributed by atoms with Gasteiger partial charge < -0.3 is 20.3 Å². The van der Waals surface area contributed by atoms with Crippen LogP contribution in [0.25, 0.3) is 0 Å². The van der Waals surface area contributed by atoms with Crippen molar-refractivity contribution in [2.45, 2.75) is 50.1 Å². The Morgan fingerprint density at radius 3 is 2.51 bits per heavy atom. The molecule has 0 radical (unpaired) electrons. The van der Waals surface area contributed by atoms with Crippen molar-refractivity contribution in [1.29, 1.82) is 0 Å². The number of nitrogens with zero attached hydrogens (tertiary/aromatic N) is 1. The smallest absolute Gasteiger partial charge is 0.242 e. The Labute approximate surface area is 261 Å². The largest absolute Gasteiger partial charge is 0.494 e. The van der Waals surface area contributed by atoms with Gasteiger partial charge in [-0.25, -0.2) is 4.39 Å². The van der Waals surface area contributed by atoms with Crippen molar-refractivity contribution in [3.05, 3.63) is 81.6 Å². The summed E-state index contributed by atoms with van der Waals surface area (Å²) < 4.78 is 21.7. The molecule has 3 aromatic carbocycles. The monoisotopic (exact) mass is 624 g/mol. The highest BCUT2D eigenvalue weighted by Gasteiger charge is 2.81. The second kappa shape index (κ2) is 10.1. The number of nitrogens with one attached hydrogen (secondary N) is 3. The lowest BCUT2D eigenvalue weighted by atomic mass is 9.61. The second-order valence-corrected chi connectivity index (χ2v) is 13.9. The lowest BCUT2D eigenvalue weighted by Gasteiger charge is -2.38. The van der Waals surface area contributed by atoms with Gasteiger partial charge in [-0.2, -0.15) is 0 Å². The first-order chi connectivity index (χ1) is 20.3. The zero-order valence-electron chi connectivity index (χ0n) is 24.9. The third-order valence-electron chi connectivity index (χ3n) is 9.49. The predicted molar refractivity (Wildman–Crippen MR) is 169 cm³/mol. The minimum Gasteiger partial charge on any atom is -0.494 e. The molecule has 0 aromatic heterocycles. The number of amides is 2. The van der Waals surface area contributed by atoms with E-state index in [4.69, 9.17) is 27.9 Å². The first-order valence-electron chi connectivity index (χ1n) is 14.3. The number of methoxy groups -OCH3 is 1. The van der Waals surface area contributed by atoms with Gasteiger partial charge in [0.1, 0.15) is 17.0 Å². The van der Waals surface area contributed by atoms with Gasteiger partial charge in [-0.1, -0.05) is 62.2 Å². The van der Waals surface area contributed by atoms with Gasteiger partial charge in [-0.05, 0) is 59.2 Å². The van der Waals surface area contributed by atoms with Gasteiger partial charge in [0.15, 0.2) is 0 Å². The van der Waals surface area contributed by atoms with Crippen molar-refractivity contribution < 1.29 is 18.7 Å². The normalized spacial score (nSPS) is 27.3. The van der Waals surface area contributed by atoms with E-state index >= 15 is 4.39 Å². The molecule has 226 valence electrons. The van der Waals surface area contributed by atoms with Crippen molar-refractivity contribution in [2.24, 2.45) is 11.3 Å². The molecule has 2 amide bonds. The molecule has 2 spiro atoms. The Morgan fingerprint density at radius 2 is 1.86 bits per heavy atom. The van der Waals surface area contributed by atoms with Gasteiger partial charge in [-0.15, -0.1) is 0 Å². The number of hydrogen-bond donors (Lipinski definition) is 3. The number of benzene rings is 3. The molecular formula is C33H35Cl2FN4O3. The van der Waals surface area contributed by atoms with E-state index in [1.54, 1.807) is 30.3 Å². The molecule has 1 unspecified atom stereocenters. The molecule has 1 aliphatic carbocycles. The molecule has 7 nitrogen and oxygen atoms in total. The van der Waals surface area contributed by atoms with Crippen LogP contribution in [0.1, 0.15) is 44.2 Å². The summed E-state index contributed by atoms with van der Waals surface area (Å²) >= 11 is 12.7. The highest BCUT2D eigenvalue weighted by molar-refractivity contribution is 6.31. The number of ether oxygens (including phenoxy) is 1. The van der Waals surface area contributed by atoms with E-state index in [2.05, 4.69) is 36.7 Å². The van der Waals surface area contributed by atoms with Crippen LogP contribution >= 0.6 is 23.2 Å². The van der Waals surface area contributed by atoms with Crippen LogP contribution in [-0.2, 0) is 15.0 Å². The van der Waals surface area contributed by atoms with Crippen LogP contribution < -0.4 is 25.6 Å². The van der Waals surface area contributed by atoms with Crippen molar-refractivity contribution >= 4 is 52.1 Å². The molecule has 2 heterocycles. The van der Waals surface area contributed by atoms with E-state index < -0.39 is 34.6 Å². The summed E-state index contributed by atoms with van der Waals surface area (Å²) in [6.45, 7) is 6.37. The zero-order valence-corrected chi connectivity index (χ0v) is 26.5. The number of carbonyl (C=O) groups excluding carboxylic acids is 2. The van der Waals surface area contributed by atoms with Crippen molar-refractivity contribution in [2.75, 3.05) is 36.7 Å². The molecule has 6 rings (SSSR count). The summed E-state index contributed by atoms with van der Waals surface area (Å²) in [4.78, 5) is 30.8. The molecule has 3 aromatic rings. The highest BCUT2D eigenvalue weighted by Crippen LogP contribution is 2.72. The van der Waals surface area contributed by atoms with Crippen LogP contribution in [0.2, 0.25) is 10.0 Å². The van der Waals surface area contributed by atoms with Crippen LogP contribution in [0, 0.1) is 17.2 Å². The maximum Gasteiger partial charge on any atom is 0.242 e. The summed E-state index contributed by atoms with van der Waals surface area (Å²) in [6.07, 6.45) is 0.620. The number of fused-ring (bicyclic) bond motifs is 3. The van der Waals surface area contributed by atoms with Gasteiger partial charge >= 0.3 is 0 Å². The molecule has 1 saturated heterocycles. The van der Waals surface area contributed by atoms with Crippen molar-refractivity contribution in [3.63, 3.8) is 0 Å². The van der Waals surface area contributed by atoms with Gasteiger partial charge in [0.05, 0.1) is 23.9 Å². The summed E-state index contributed by atoms with van der Waals surface area (Å²) in [5.41, 5.74) is 0.432. The quantitative estimate of drug-likeness (QED) is 0.298. The lowest BCUT2D eigenvalue weighted by Crippen LogP contribution is -2.52. The Kier molecular flexibility index (Phi) is 6.99. The topological polar surface area (TPSA) is 82.7 Å². The molecule has 10 heteroatoms. The first-order valence-corrected chi connectivity index (χ1v) is 15.0. The number of halogens is 3. The molecule has 43 heavy (non-hydrogen) atoms. The fraction of sp³-hybridized carbons (Fsp3) is 0.394. The maximum atomic E-state index is 16.1. The first kappa shape index (κ1) is 29.7. The zero-order chi connectivity index (χ0) is 31.1. The summed E-state index contributed by atoms with van der Waals surface area (Å²) in [6, 6.07) is 14.5. The Morgan fingerprint density at radius 1 is 1.12 bits per heavy atom. The second-order valence-electron chi connectivity index (χ2n) is 13.1. The molecule has 3 N–H and O–H groups in total. The Hall–Kier alpha value is -3.33. The summed E-state index contributed by atoms with van der Waals surface area (Å²) in [7, 11) is 5.37. The summed E-state index contributed by atoms with van der Waals surface area (Å²) in [5, 5.41) is 10.1. The lowest BCUT2D eigenvalue weighted by molar-refractivity contribution is -0.122. The number of carbonyl (C=O) groups is 2. The average Bonchev–Trinajstić information content (AvgIpc) is 3.52. The van der Waals surface area contributed by atoms with E-state index in [0.717, 1.165) is 5.69 Å². The van der Waals surface area contributed by atoms with Crippen LogP contribution in [0.3, 0.4) is 0 Å². The van der Waals surface area contributed by atoms with Gasteiger partial charge in [0.2, 0.25) is 11.8 Å². The van der Waals surface area contributed by atoms with E-state index in [0.29, 0.717) is 34.1 Å². The van der Waals surface area contributed by atoms with Crippen molar-refractivity contribution in [3.8, 4) is 5.75 Å². The SMILES string of the molecule is COc1cc(N(C)C)ccc1NC(=O)[C@@H]1N[C@]2(CC2C(C)(C)C)[C@@]2(C(=O)Nc3cc(Cl)ccc32)[C@H]1c1cccc(Cl)c1F. The molecular weight excluding hydrogens is 590 g/mol. The summed E-state index contributed by atoms with van der Waals surface area (Å²) in [5.74, 6) is -1.81. The van der Waals surface area contributed by atoms with E-state index in [-0.39, 0.29) is 27.8 Å². The third kappa shape index (κ3) is 4.32. The minimum absolute atomic E-state index is 0.00355. The molecule has 1 saturated carbocycles. The van der Waals surface area contributed by atoms with Crippen LogP contribution in [0.5, 0.6) is 5.75 Å². The maximum absolute atomic E-state index is 16.1. The fourth-order valence-electron chi connectivity index (χ4n) is 7.63. The third-order valence-corrected chi connectivity index (χ3v) is 10.0. The molecule has 2 fully saturated rings. The molecule has 3 aliphatic rings. The van der Waals surface area contributed by atoms with E-state index in [9.17, 15) is 9.59 Å². The molecule has 2 aliphatic heterocycles. The van der Waals surface area contributed by atoms with Gasteiger partial charge in [0, 0.05) is 48.0 Å². The standard InChI is InChI=1S/C33H35Cl2FN4O3/c1-31(2,3)25-16-32(25)33(20-12-10-17(34)14-23(20)38-30(33)42)26(19-8-7-9-21(35)27(19)36)28(39-32)29(41)37-22-13-11-18(40(4)5)15-24(22)43-6/h7-15,25-26,28,39H,16H2,1-6H3,(H,37,41)(H,38,42)/t25?,26-,28+,32-,33+/m0/s1. The Balaban J connectivity index is 1.56. The van der Waals surface area contributed by atoms with E-state index in [1.165, 1.54) is 13.2 Å². The predicted octanol–water partition coefficient (Wildman–Crippen LogP) is 6.60.